The molecule has 0 aromatic carbocycles. The van der Waals surface area contributed by atoms with Crippen LogP contribution in [-0.2, 0) is 0 Å². The summed E-state index contributed by atoms with van der Waals surface area (Å²) >= 11 is 0. The summed E-state index contributed by atoms with van der Waals surface area (Å²) < 4.78 is 0. The molecule has 2 bridgehead atoms. The van der Waals surface area contributed by atoms with E-state index in [-0.39, 0.29) is 0 Å². The summed E-state index contributed by atoms with van der Waals surface area (Å²) in [4.78, 5) is 5.74. The quantitative estimate of drug-likeness (QED) is 0.635. The standard InChI is InChI=1S/C15H26N2/c1-3-7-16-11-13-9-12(14(16)5-1)10-17-8-4-2-6-15(13)17/h12-15H,1-11H2/t12-,13+,14-,15+. The molecule has 4 rings (SSSR count). The SMILES string of the molecule is C1CCN2C[C@@H]3C[C@H](CN4CCCC[C@@H]34)[C@H]2C1. The van der Waals surface area contributed by atoms with E-state index in [9.17, 15) is 0 Å². The second kappa shape index (κ2) is 4.24. The van der Waals surface area contributed by atoms with E-state index in [1.54, 1.807) is 6.42 Å². The smallest absolute Gasteiger partial charge is 0.0136 e. The molecule has 0 amide bonds. The summed E-state index contributed by atoms with van der Waals surface area (Å²) in [6.45, 7) is 5.68. The molecular weight excluding hydrogens is 208 g/mol. The van der Waals surface area contributed by atoms with Crippen molar-refractivity contribution >= 4 is 0 Å². The van der Waals surface area contributed by atoms with Gasteiger partial charge in [0, 0.05) is 25.2 Å². The zero-order chi connectivity index (χ0) is 11.2. The lowest BCUT2D eigenvalue weighted by atomic mass is 9.71. The Morgan fingerprint density at radius 1 is 0.647 bits per heavy atom. The van der Waals surface area contributed by atoms with E-state index in [2.05, 4.69) is 9.80 Å². The fourth-order valence-corrected chi connectivity index (χ4v) is 5.25. The van der Waals surface area contributed by atoms with Crippen LogP contribution >= 0.6 is 0 Å². The first kappa shape index (κ1) is 10.8. The molecule has 2 nitrogen and oxygen atoms in total. The van der Waals surface area contributed by atoms with E-state index in [1.807, 2.05) is 0 Å². The summed E-state index contributed by atoms with van der Waals surface area (Å²) in [5, 5.41) is 0. The van der Waals surface area contributed by atoms with Gasteiger partial charge in [0.2, 0.25) is 0 Å². The largest absolute Gasteiger partial charge is 0.300 e. The molecular formula is C15H26N2. The van der Waals surface area contributed by atoms with Gasteiger partial charge < -0.3 is 0 Å². The van der Waals surface area contributed by atoms with Gasteiger partial charge in [-0.3, -0.25) is 9.80 Å². The van der Waals surface area contributed by atoms with Crippen molar-refractivity contribution in [2.75, 3.05) is 26.2 Å². The van der Waals surface area contributed by atoms with Crippen molar-refractivity contribution in [1.29, 1.82) is 0 Å². The Kier molecular flexibility index (Phi) is 2.69. The van der Waals surface area contributed by atoms with Crippen LogP contribution in [0.1, 0.15) is 44.9 Å². The van der Waals surface area contributed by atoms with E-state index < -0.39 is 0 Å². The number of fused-ring (bicyclic) bond motifs is 6. The number of piperidine rings is 4. The summed E-state index contributed by atoms with van der Waals surface area (Å²) in [5.41, 5.74) is 0. The molecule has 0 aromatic heterocycles. The summed E-state index contributed by atoms with van der Waals surface area (Å²) in [6, 6.07) is 1.92. The minimum atomic E-state index is 0.961. The number of rotatable bonds is 0. The third kappa shape index (κ3) is 1.76. The maximum Gasteiger partial charge on any atom is 0.0136 e. The van der Waals surface area contributed by atoms with Crippen LogP contribution in [0.5, 0.6) is 0 Å². The van der Waals surface area contributed by atoms with Crippen LogP contribution in [0, 0.1) is 11.8 Å². The van der Waals surface area contributed by atoms with E-state index in [4.69, 9.17) is 0 Å². The highest BCUT2D eigenvalue weighted by Gasteiger charge is 2.46. The Morgan fingerprint density at radius 2 is 1.18 bits per heavy atom. The van der Waals surface area contributed by atoms with Crippen LogP contribution in [0.2, 0.25) is 0 Å². The average molecular weight is 234 g/mol. The summed E-state index contributed by atoms with van der Waals surface area (Å²) in [7, 11) is 0. The average Bonchev–Trinajstić information content (AvgIpc) is 2.39. The van der Waals surface area contributed by atoms with Gasteiger partial charge in [0.25, 0.3) is 0 Å². The molecule has 2 heteroatoms. The van der Waals surface area contributed by atoms with Crippen molar-refractivity contribution in [3.05, 3.63) is 0 Å². The molecule has 0 N–H and O–H groups in total. The minimum Gasteiger partial charge on any atom is -0.300 e. The molecule has 0 radical (unpaired) electrons. The second-order valence-electron chi connectivity index (χ2n) is 6.87. The van der Waals surface area contributed by atoms with Gasteiger partial charge in [-0.05, 0) is 57.0 Å². The lowest BCUT2D eigenvalue weighted by Gasteiger charge is -2.57. The molecule has 0 aliphatic carbocycles. The van der Waals surface area contributed by atoms with Crippen LogP contribution in [0.4, 0.5) is 0 Å². The fourth-order valence-electron chi connectivity index (χ4n) is 5.25. The first-order valence-corrected chi connectivity index (χ1v) is 7.90. The maximum atomic E-state index is 2.87. The zero-order valence-corrected chi connectivity index (χ0v) is 11.0. The van der Waals surface area contributed by atoms with Crippen LogP contribution in [0.25, 0.3) is 0 Å². The molecule has 4 fully saturated rings. The van der Waals surface area contributed by atoms with Crippen LogP contribution in [-0.4, -0.2) is 48.1 Å². The third-order valence-electron chi connectivity index (χ3n) is 5.96. The van der Waals surface area contributed by atoms with Gasteiger partial charge in [-0.15, -0.1) is 0 Å². The predicted octanol–water partition coefficient (Wildman–Crippen LogP) is 2.35. The van der Waals surface area contributed by atoms with Gasteiger partial charge >= 0.3 is 0 Å². The molecule has 4 aliphatic heterocycles. The lowest BCUT2D eigenvalue weighted by molar-refractivity contribution is -0.0718. The van der Waals surface area contributed by atoms with Crippen molar-refractivity contribution in [3.63, 3.8) is 0 Å². The fraction of sp³-hybridized carbons (Fsp3) is 1.00. The maximum absolute atomic E-state index is 2.87. The van der Waals surface area contributed by atoms with Crippen molar-refractivity contribution in [2.45, 2.75) is 57.0 Å². The molecule has 0 saturated carbocycles. The second-order valence-corrected chi connectivity index (χ2v) is 6.87. The van der Waals surface area contributed by atoms with Gasteiger partial charge in [-0.2, -0.15) is 0 Å². The van der Waals surface area contributed by atoms with Crippen molar-refractivity contribution in [1.82, 2.24) is 9.80 Å². The van der Waals surface area contributed by atoms with E-state index in [0.717, 1.165) is 23.9 Å². The van der Waals surface area contributed by atoms with Gasteiger partial charge in [0.05, 0.1) is 0 Å². The molecule has 4 aliphatic rings. The van der Waals surface area contributed by atoms with Crippen molar-refractivity contribution in [2.24, 2.45) is 11.8 Å². The number of hydrogen-bond acceptors (Lipinski definition) is 2. The van der Waals surface area contributed by atoms with E-state index in [1.165, 1.54) is 64.7 Å². The van der Waals surface area contributed by atoms with Gasteiger partial charge in [-0.1, -0.05) is 12.8 Å². The minimum absolute atomic E-state index is 0.961. The van der Waals surface area contributed by atoms with Crippen LogP contribution < -0.4 is 0 Å². The molecule has 0 unspecified atom stereocenters. The highest BCUT2D eigenvalue weighted by molar-refractivity contribution is 5.00. The summed E-state index contributed by atoms with van der Waals surface area (Å²) in [5.74, 6) is 2.03. The van der Waals surface area contributed by atoms with E-state index in [0.29, 0.717) is 0 Å². The normalized spacial score (nSPS) is 47.3. The third-order valence-corrected chi connectivity index (χ3v) is 5.96. The Bertz CT molecular complexity index is 263. The molecule has 0 spiro atoms. The van der Waals surface area contributed by atoms with Gasteiger partial charge in [0.15, 0.2) is 0 Å². The molecule has 0 aromatic rings. The number of hydrogen-bond donors (Lipinski definition) is 0. The molecule has 4 saturated heterocycles. The Balaban J connectivity index is 1.56. The van der Waals surface area contributed by atoms with Crippen molar-refractivity contribution < 1.29 is 0 Å². The molecule has 17 heavy (non-hydrogen) atoms. The highest BCUT2D eigenvalue weighted by atomic mass is 15.3. The molecule has 96 valence electrons. The topological polar surface area (TPSA) is 6.48 Å². The molecule has 4 heterocycles. The molecule has 4 atom stereocenters. The van der Waals surface area contributed by atoms with Crippen LogP contribution in [0.3, 0.4) is 0 Å². The first-order chi connectivity index (χ1) is 8.42. The number of nitrogens with zero attached hydrogens (tertiary/aromatic N) is 2. The highest BCUT2D eigenvalue weighted by Crippen LogP contribution is 2.42. The van der Waals surface area contributed by atoms with Gasteiger partial charge in [-0.25, -0.2) is 0 Å². The lowest BCUT2D eigenvalue weighted by Crippen LogP contribution is -2.63. The Hall–Kier alpha value is -0.0800. The van der Waals surface area contributed by atoms with Crippen LogP contribution in [0.15, 0.2) is 0 Å². The summed E-state index contributed by atoms with van der Waals surface area (Å²) in [6.07, 6.45) is 10.5. The first-order valence-electron chi connectivity index (χ1n) is 7.90. The monoisotopic (exact) mass is 234 g/mol. The van der Waals surface area contributed by atoms with Gasteiger partial charge in [0.1, 0.15) is 0 Å². The zero-order valence-electron chi connectivity index (χ0n) is 11.0. The Morgan fingerprint density at radius 3 is 1.71 bits per heavy atom. The van der Waals surface area contributed by atoms with Crippen molar-refractivity contribution in [3.8, 4) is 0 Å². The van der Waals surface area contributed by atoms with E-state index >= 15 is 0 Å². The Labute approximate surface area is 105 Å². The predicted molar refractivity (Wildman–Crippen MR) is 70.0 cm³/mol.